The molecular formula is C18H25N3O2. The summed E-state index contributed by atoms with van der Waals surface area (Å²) in [5, 5.41) is 9.12. The van der Waals surface area contributed by atoms with Crippen LogP contribution in [0.2, 0.25) is 0 Å². The Morgan fingerprint density at radius 2 is 2.04 bits per heavy atom. The molecule has 0 bridgehead atoms. The molecule has 1 aromatic heterocycles. The van der Waals surface area contributed by atoms with E-state index in [4.69, 9.17) is 5.26 Å². The molecule has 1 aliphatic rings. The highest BCUT2D eigenvalue weighted by Gasteiger charge is 2.32. The Labute approximate surface area is 137 Å². The molecule has 1 aromatic rings. The summed E-state index contributed by atoms with van der Waals surface area (Å²) >= 11 is 0. The maximum atomic E-state index is 12.6. The van der Waals surface area contributed by atoms with Crippen molar-refractivity contribution >= 4 is 5.91 Å². The quantitative estimate of drug-likeness (QED) is 0.876. The normalized spacial score (nSPS) is 13.9. The van der Waals surface area contributed by atoms with Crippen molar-refractivity contribution in [3.63, 3.8) is 0 Å². The molecule has 1 heterocycles. The lowest BCUT2D eigenvalue weighted by molar-refractivity contribution is -0.132. The third kappa shape index (κ3) is 4.01. The zero-order chi connectivity index (χ0) is 17.1. The number of nitriles is 1. The average molecular weight is 315 g/mol. The highest BCUT2D eigenvalue weighted by Crippen LogP contribution is 2.28. The number of nitrogens with one attached hydrogen (secondary N) is 1. The van der Waals surface area contributed by atoms with Crippen molar-refractivity contribution in [2.75, 3.05) is 6.54 Å². The molecule has 1 aliphatic carbocycles. The molecule has 2 rings (SSSR count). The van der Waals surface area contributed by atoms with Gasteiger partial charge in [-0.25, -0.2) is 0 Å². The monoisotopic (exact) mass is 315 g/mol. The van der Waals surface area contributed by atoms with E-state index < -0.39 is 0 Å². The first kappa shape index (κ1) is 17.3. The van der Waals surface area contributed by atoms with Crippen LogP contribution in [0.3, 0.4) is 0 Å². The van der Waals surface area contributed by atoms with Gasteiger partial charge in [-0.05, 0) is 50.2 Å². The van der Waals surface area contributed by atoms with E-state index in [0.717, 1.165) is 30.6 Å². The molecule has 0 aliphatic heterocycles. The molecule has 1 saturated carbocycles. The Kier molecular flexibility index (Phi) is 5.25. The molecule has 1 N–H and O–H groups in total. The van der Waals surface area contributed by atoms with E-state index in [1.54, 1.807) is 6.92 Å². The van der Waals surface area contributed by atoms with Crippen LogP contribution < -0.4 is 5.56 Å². The topological polar surface area (TPSA) is 77.0 Å². The van der Waals surface area contributed by atoms with Crippen LogP contribution in [-0.2, 0) is 11.2 Å². The van der Waals surface area contributed by atoms with Crippen LogP contribution in [0, 0.1) is 31.1 Å². The van der Waals surface area contributed by atoms with E-state index >= 15 is 0 Å². The molecule has 0 unspecified atom stereocenters. The third-order valence-corrected chi connectivity index (χ3v) is 4.38. The molecule has 124 valence electrons. The average Bonchev–Trinajstić information content (AvgIpc) is 3.28. The molecule has 1 amide bonds. The van der Waals surface area contributed by atoms with E-state index in [9.17, 15) is 9.59 Å². The summed E-state index contributed by atoms with van der Waals surface area (Å²) in [5.74, 6) is 0.631. The standard InChI is InChI=1S/C18H25N3O2/c1-11(2)10-21(14-5-6-14)17(22)8-7-15-12(3)16(9-19)18(23)20-13(15)4/h11,14H,5-8,10H2,1-4H3,(H,20,23). The molecule has 23 heavy (non-hydrogen) atoms. The Bertz CT molecular complexity index is 693. The number of pyridine rings is 1. The number of carbonyl (C=O) groups excluding carboxylic acids is 1. The van der Waals surface area contributed by atoms with Crippen LogP contribution in [0.4, 0.5) is 0 Å². The van der Waals surface area contributed by atoms with Crippen LogP contribution in [0.15, 0.2) is 4.79 Å². The fourth-order valence-corrected chi connectivity index (χ4v) is 3.03. The van der Waals surface area contributed by atoms with Crippen molar-refractivity contribution in [1.29, 1.82) is 5.26 Å². The van der Waals surface area contributed by atoms with Crippen molar-refractivity contribution in [1.82, 2.24) is 9.88 Å². The molecule has 5 heteroatoms. The highest BCUT2D eigenvalue weighted by atomic mass is 16.2. The number of aryl methyl sites for hydroxylation is 1. The summed E-state index contributed by atoms with van der Waals surface area (Å²) in [4.78, 5) is 29.0. The smallest absolute Gasteiger partial charge is 0.266 e. The lowest BCUT2D eigenvalue weighted by Crippen LogP contribution is -2.36. The van der Waals surface area contributed by atoms with Gasteiger partial charge in [0.05, 0.1) is 0 Å². The fraction of sp³-hybridized carbons (Fsp3) is 0.611. The Balaban J connectivity index is 2.13. The summed E-state index contributed by atoms with van der Waals surface area (Å²) < 4.78 is 0. The largest absolute Gasteiger partial charge is 0.339 e. The maximum Gasteiger partial charge on any atom is 0.266 e. The Morgan fingerprint density at radius 1 is 1.39 bits per heavy atom. The van der Waals surface area contributed by atoms with E-state index in [1.807, 2.05) is 17.9 Å². The number of hydrogen-bond donors (Lipinski definition) is 1. The van der Waals surface area contributed by atoms with E-state index in [0.29, 0.717) is 30.4 Å². The maximum absolute atomic E-state index is 12.6. The van der Waals surface area contributed by atoms with Gasteiger partial charge in [0.15, 0.2) is 0 Å². The van der Waals surface area contributed by atoms with Gasteiger partial charge in [0.2, 0.25) is 5.91 Å². The molecular weight excluding hydrogens is 290 g/mol. The molecule has 0 radical (unpaired) electrons. The van der Waals surface area contributed by atoms with Crippen molar-refractivity contribution in [3.05, 3.63) is 32.7 Å². The number of aromatic nitrogens is 1. The molecule has 1 fully saturated rings. The van der Waals surface area contributed by atoms with Crippen molar-refractivity contribution in [2.45, 2.75) is 59.4 Å². The van der Waals surface area contributed by atoms with Crippen LogP contribution in [-0.4, -0.2) is 28.4 Å². The minimum Gasteiger partial charge on any atom is -0.339 e. The molecule has 0 aromatic carbocycles. The minimum absolute atomic E-state index is 0.152. The van der Waals surface area contributed by atoms with Crippen molar-refractivity contribution < 1.29 is 4.79 Å². The number of carbonyl (C=O) groups is 1. The molecule has 0 saturated heterocycles. The van der Waals surface area contributed by atoms with E-state index in [1.165, 1.54) is 0 Å². The van der Waals surface area contributed by atoms with E-state index in [-0.39, 0.29) is 17.0 Å². The number of amides is 1. The lowest BCUT2D eigenvalue weighted by atomic mass is 9.98. The van der Waals surface area contributed by atoms with Gasteiger partial charge >= 0.3 is 0 Å². The minimum atomic E-state index is -0.350. The second kappa shape index (κ2) is 6.99. The van der Waals surface area contributed by atoms with Gasteiger partial charge in [-0.3, -0.25) is 9.59 Å². The van der Waals surface area contributed by atoms with Gasteiger partial charge in [-0.2, -0.15) is 5.26 Å². The number of nitrogens with zero attached hydrogens (tertiary/aromatic N) is 2. The van der Waals surface area contributed by atoms with Crippen LogP contribution in [0.5, 0.6) is 0 Å². The number of rotatable bonds is 6. The SMILES string of the molecule is Cc1[nH]c(=O)c(C#N)c(C)c1CCC(=O)N(CC(C)C)C1CC1. The van der Waals surface area contributed by atoms with Gasteiger partial charge in [0.25, 0.3) is 5.56 Å². The van der Waals surface area contributed by atoms with Gasteiger partial charge in [0.1, 0.15) is 11.6 Å². The highest BCUT2D eigenvalue weighted by molar-refractivity contribution is 5.77. The number of hydrogen-bond acceptors (Lipinski definition) is 3. The molecule has 0 atom stereocenters. The first-order valence-electron chi connectivity index (χ1n) is 8.27. The summed E-state index contributed by atoms with van der Waals surface area (Å²) in [6, 6.07) is 2.37. The van der Waals surface area contributed by atoms with Gasteiger partial charge < -0.3 is 9.88 Å². The first-order chi connectivity index (χ1) is 10.8. The Morgan fingerprint density at radius 3 is 2.57 bits per heavy atom. The van der Waals surface area contributed by atoms with Gasteiger partial charge in [-0.1, -0.05) is 13.8 Å². The van der Waals surface area contributed by atoms with E-state index in [2.05, 4.69) is 18.8 Å². The summed E-state index contributed by atoms with van der Waals surface area (Å²) in [6.45, 7) is 8.65. The predicted molar refractivity (Wildman–Crippen MR) is 89.1 cm³/mol. The molecule has 5 nitrogen and oxygen atoms in total. The van der Waals surface area contributed by atoms with Crippen LogP contribution in [0.25, 0.3) is 0 Å². The second-order valence-electron chi connectivity index (χ2n) is 6.84. The zero-order valence-corrected chi connectivity index (χ0v) is 14.4. The van der Waals surface area contributed by atoms with Crippen molar-refractivity contribution in [3.8, 4) is 6.07 Å². The number of H-pyrrole nitrogens is 1. The zero-order valence-electron chi connectivity index (χ0n) is 14.4. The fourth-order valence-electron chi connectivity index (χ4n) is 3.03. The lowest BCUT2D eigenvalue weighted by Gasteiger charge is -2.24. The summed E-state index contributed by atoms with van der Waals surface area (Å²) in [6.07, 6.45) is 3.19. The second-order valence-corrected chi connectivity index (χ2v) is 6.84. The van der Waals surface area contributed by atoms with Gasteiger partial charge in [-0.15, -0.1) is 0 Å². The van der Waals surface area contributed by atoms with Gasteiger partial charge in [0, 0.05) is 24.7 Å². The van der Waals surface area contributed by atoms with Crippen LogP contribution >= 0.6 is 0 Å². The van der Waals surface area contributed by atoms with Crippen LogP contribution in [0.1, 0.15) is 55.5 Å². The summed E-state index contributed by atoms with van der Waals surface area (Å²) in [5.41, 5.74) is 2.16. The molecule has 0 spiro atoms. The summed E-state index contributed by atoms with van der Waals surface area (Å²) in [7, 11) is 0. The Hall–Kier alpha value is -2.09. The number of aromatic amines is 1. The predicted octanol–water partition coefficient (Wildman–Crippen LogP) is 2.44. The van der Waals surface area contributed by atoms with Crippen molar-refractivity contribution in [2.24, 2.45) is 5.92 Å². The third-order valence-electron chi connectivity index (χ3n) is 4.38. The first-order valence-corrected chi connectivity index (χ1v) is 8.27.